The summed E-state index contributed by atoms with van der Waals surface area (Å²) in [5, 5.41) is 3.55. The number of nitrogens with zero attached hydrogens (tertiary/aromatic N) is 2. The summed E-state index contributed by atoms with van der Waals surface area (Å²) in [6.07, 6.45) is -1.92. The van der Waals surface area contributed by atoms with Crippen LogP contribution in [0.3, 0.4) is 0 Å². The van der Waals surface area contributed by atoms with Crippen molar-refractivity contribution in [3.63, 3.8) is 0 Å². The van der Waals surface area contributed by atoms with Gasteiger partial charge in [-0.3, -0.25) is 9.36 Å². The number of ketones is 1. The van der Waals surface area contributed by atoms with Crippen LogP contribution in [0.2, 0.25) is 18.1 Å². The fourth-order valence-corrected chi connectivity index (χ4v) is 7.27. The molecule has 282 valence electrons. The molecule has 1 saturated heterocycles. The first-order valence-electron chi connectivity index (χ1n) is 17.8. The highest BCUT2D eigenvalue weighted by atomic mass is 28.4. The second-order valence-electron chi connectivity index (χ2n) is 14.8. The summed E-state index contributed by atoms with van der Waals surface area (Å²) >= 11 is 0. The Balaban J connectivity index is 1.52. The zero-order valence-electron chi connectivity index (χ0n) is 31.8. The summed E-state index contributed by atoms with van der Waals surface area (Å²) in [7, 11) is 0.865. The van der Waals surface area contributed by atoms with Gasteiger partial charge in [-0.1, -0.05) is 93.6 Å². The first-order chi connectivity index (χ1) is 25.2. The highest BCUT2D eigenvalue weighted by Crippen LogP contribution is 2.41. The van der Waals surface area contributed by atoms with Gasteiger partial charge >= 0.3 is 11.7 Å². The Kier molecular flexibility index (Phi) is 12.4. The van der Waals surface area contributed by atoms with Gasteiger partial charge in [-0.05, 0) is 59.9 Å². The van der Waals surface area contributed by atoms with Crippen LogP contribution in [0, 0.1) is 0 Å². The monoisotopic (exact) mass is 741 g/mol. The van der Waals surface area contributed by atoms with Gasteiger partial charge in [0.1, 0.15) is 35.1 Å². The maximum absolute atomic E-state index is 14.0. The molecule has 12 heteroatoms. The smallest absolute Gasteiger partial charge is 0.351 e. The lowest BCUT2D eigenvalue weighted by Gasteiger charge is -2.37. The van der Waals surface area contributed by atoms with Crippen LogP contribution in [0.4, 0.5) is 5.82 Å². The molecule has 4 aromatic rings. The molecule has 3 aromatic carbocycles. The van der Waals surface area contributed by atoms with Crippen molar-refractivity contribution in [2.24, 2.45) is 0 Å². The highest BCUT2D eigenvalue weighted by molar-refractivity contribution is 6.74. The molecule has 0 amide bonds. The molecule has 0 unspecified atom stereocenters. The minimum Gasteiger partial charge on any atom is -0.497 e. The second-order valence-corrected chi connectivity index (χ2v) is 19.6. The third kappa shape index (κ3) is 8.79. The number of methoxy groups -OCH3 is 2. The van der Waals surface area contributed by atoms with Gasteiger partial charge in [-0.25, -0.2) is 4.79 Å². The summed E-state index contributed by atoms with van der Waals surface area (Å²) in [4.78, 5) is 43.1. The van der Waals surface area contributed by atoms with Crippen molar-refractivity contribution >= 4 is 25.9 Å². The molecule has 5 rings (SSSR count). The van der Waals surface area contributed by atoms with Crippen LogP contribution >= 0.6 is 0 Å². The van der Waals surface area contributed by atoms with E-state index in [1.54, 1.807) is 19.4 Å². The number of hydrogen-bond donors (Lipinski definition) is 1. The number of hydrogen-bond acceptors (Lipinski definition) is 10. The molecule has 0 spiro atoms. The largest absolute Gasteiger partial charge is 0.497 e. The second kappa shape index (κ2) is 16.6. The van der Waals surface area contributed by atoms with E-state index in [2.05, 4.69) is 44.2 Å². The SMILES string of the molecule is COc1ccc(C(Nc2ccn([C@@H]3O[C@H](CO[Si](C)(C)C(C)(C)C)[C@@H](OC(=O)CCC(C)=O)[C@H]3OC)c(=O)n2)(c2ccccc2)c2ccccc2)cc1. The van der Waals surface area contributed by atoms with Crippen molar-refractivity contribution in [1.29, 1.82) is 0 Å². The Hall–Kier alpha value is -4.62. The van der Waals surface area contributed by atoms with Crippen molar-refractivity contribution < 1.29 is 33.0 Å². The first kappa shape index (κ1) is 39.6. The summed E-state index contributed by atoms with van der Waals surface area (Å²) in [6.45, 7) is 12.2. The van der Waals surface area contributed by atoms with Crippen molar-refractivity contribution in [1.82, 2.24) is 9.55 Å². The van der Waals surface area contributed by atoms with Crippen molar-refractivity contribution in [2.45, 2.75) is 88.7 Å². The molecule has 0 bridgehead atoms. The average Bonchev–Trinajstić information content (AvgIpc) is 3.48. The molecule has 0 saturated carbocycles. The molecule has 1 aliphatic heterocycles. The normalized spacial score (nSPS) is 19.1. The average molecular weight is 742 g/mol. The maximum atomic E-state index is 14.0. The molecular weight excluding hydrogens is 691 g/mol. The predicted molar refractivity (Wildman–Crippen MR) is 206 cm³/mol. The summed E-state index contributed by atoms with van der Waals surface area (Å²) < 4.78 is 31.6. The molecule has 1 aliphatic rings. The predicted octanol–water partition coefficient (Wildman–Crippen LogP) is 6.87. The van der Waals surface area contributed by atoms with E-state index in [9.17, 15) is 14.4 Å². The van der Waals surface area contributed by atoms with E-state index in [1.807, 2.05) is 84.9 Å². The van der Waals surface area contributed by atoms with E-state index in [-0.39, 0.29) is 30.3 Å². The van der Waals surface area contributed by atoms with E-state index in [1.165, 1.54) is 18.6 Å². The Morgan fingerprint density at radius 1 is 0.849 bits per heavy atom. The van der Waals surface area contributed by atoms with E-state index in [0.717, 1.165) is 16.7 Å². The van der Waals surface area contributed by atoms with Gasteiger partial charge in [0, 0.05) is 19.7 Å². The van der Waals surface area contributed by atoms with E-state index < -0.39 is 50.1 Å². The van der Waals surface area contributed by atoms with Crippen LogP contribution in [0.1, 0.15) is 63.5 Å². The minimum absolute atomic E-state index is 0.0560. The first-order valence-corrected chi connectivity index (χ1v) is 20.7. The molecule has 1 aromatic heterocycles. The number of esters is 1. The van der Waals surface area contributed by atoms with E-state index in [0.29, 0.717) is 11.6 Å². The molecule has 1 N–H and O–H groups in total. The third-order valence-electron chi connectivity index (χ3n) is 10.3. The maximum Gasteiger partial charge on any atom is 0.351 e. The van der Waals surface area contributed by atoms with Gasteiger partial charge in [-0.15, -0.1) is 0 Å². The van der Waals surface area contributed by atoms with Crippen LogP contribution in [-0.2, 0) is 33.8 Å². The number of Topliss-reactive ketones (excluding diaryl/α,β-unsaturated/α-hetero) is 1. The Morgan fingerprint density at radius 3 is 1.94 bits per heavy atom. The Bertz CT molecular complexity index is 1850. The molecule has 0 radical (unpaired) electrons. The van der Waals surface area contributed by atoms with Gasteiger partial charge in [0.25, 0.3) is 0 Å². The summed E-state index contributed by atoms with van der Waals surface area (Å²) in [5.41, 5.74) is 1.21. The summed E-state index contributed by atoms with van der Waals surface area (Å²) in [6, 6.07) is 29.4. The number of rotatable bonds is 15. The lowest BCUT2D eigenvalue weighted by Crippen LogP contribution is -2.45. The number of carbonyl (C=O) groups excluding carboxylic acids is 2. The van der Waals surface area contributed by atoms with Crippen molar-refractivity contribution in [2.75, 3.05) is 26.1 Å². The molecule has 2 heterocycles. The Labute approximate surface area is 312 Å². The van der Waals surface area contributed by atoms with Gasteiger partial charge in [0.15, 0.2) is 20.6 Å². The number of ether oxygens (including phenoxy) is 4. The van der Waals surface area contributed by atoms with Crippen LogP contribution < -0.4 is 15.7 Å². The van der Waals surface area contributed by atoms with E-state index >= 15 is 0 Å². The lowest BCUT2D eigenvalue weighted by atomic mass is 9.77. The minimum atomic E-state index is -2.24. The molecule has 0 aliphatic carbocycles. The van der Waals surface area contributed by atoms with Gasteiger partial charge in [0.05, 0.1) is 20.1 Å². The topological polar surface area (TPSA) is 127 Å². The molecular formula is C41H51N3O8Si. The number of carbonyl (C=O) groups is 2. The molecule has 53 heavy (non-hydrogen) atoms. The van der Waals surface area contributed by atoms with Gasteiger partial charge < -0.3 is 33.5 Å². The molecule has 4 atom stereocenters. The van der Waals surface area contributed by atoms with Gasteiger partial charge in [-0.2, -0.15) is 4.98 Å². The molecule has 11 nitrogen and oxygen atoms in total. The fourth-order valence-electron chi connectivity index (χ4n) is 6.26. The van der Waals surface area contributed by atoms with Crippen LogP contribution in [0.25, 0.3) is 0 Å². The van der Waals surface area contributed by atoms with Crippen LogP contribution in [-0.4, -0.2) is 68.8 Å². The van der Waals surface area contributed by atoms with Crippen molar-refractivity contribution in [3.05, 3.63) is 124 Å². The van der Waals surface area contributed by atoms with Crippen LogP contribution in [0.15, 0.2) is 102 Å². The number of anilines is 1. The van der Waals surface area contributed by atoms with Crippen molar-refractivity contribution in [3.8, 4) is 5.75 Å². The number of benzene rings is 3. The van der Waals surface area contributed by atoms with E-state index in [4.69, 9.17) is 23.4 Å². The standard InChI is InChI=1S/C41H51N3O8Si/c1-28(45)19-24-35(46)52-36-33(27-50-53(7,8)40(2,3)4)51-38(37(36)49-6)44-26-25-34(42-39(44)47)43-41(29-15-11-9-12-16-29,30-17-13-10-14-18-30)31-20-22-32(48-5)23-21-31/h9-18,20-23,25-26,33,36-38H,19,24,27H2,1-8H3,(H,42,43,47)/t33-,36-,37-,38-/m1/s1. The molecule has 1 fully saturated rings. The fraction of sp³-hybridized carbons (Fsp3) is 0.415. The quantitative estimate of drug-likeness (QED) is 0.0784. The Morgan fingerprint density at radius 2 is 1.43 bits per heavy atom. The zero-order valence-corrected chi connectivity index (χ0v) is 32.8. The highest BCUT2D eigenvalue weighted by Gasteiger charge is 2.50. The zero-order chi connectivity index (χ0) is 38.4. The lowest BCUT2D eigenvalue weighted by molar-refractivity contribution is -0.158. The number of aromatic nitrogens is 2. The number of nitrogens with one attached hydrogen (secondary N) is 1. The van der Waals surface area contributed by atoms with Crippen LogP contribution in [0.5, 0.6) is 5.75 Å². The third-order valence-corrected chi connectivity index (χ3v) is 14.8. The van der Waals surface area contributed by atoms with Gasteiger partial charge in [0.2, 0.25) is 0 Å². The summed E-state index contributed by atoms with van der Waals surface area (Å²) in [5.74, 6) is 0.359.